The molecule has 2 saturated heterocycles. The van der Waals surface area contributed by atoms with Gasteiger partial charge >= 0.3 is 0 Å². The smallest absolute Gasteiger partial charge is 0.266 e. The highest BCUT2D eigenvalue weighted by Crippen LogP contribution is 2.36. The minimum atomic E-state index is -3.60. The van der Waals surface area contributed by atoms with E-state index < -0.39 is 10.0 Å². The van der Waals surface area contributed by atoms with Crippen molar-refractivity contribution in [1.82, 2.24) is 19.0 Å². The number of carbonyl (C=O) groups is 1. The standard InChI is InChI=1S/C31H28N4O3S3/c1-22-12-14-23(15-13-22)20-34-30(36)28(40-31(34)39)19-25-21-35(26-9-3-2-4-10-26)32-29(25)24-8-7-11-27(18-24)41(37,38)33-16-5-6-17-33/h2-4,7-15,18-19,21H,5-6,16-17,20H2,1H3. The van der Waals surface area contributed by atoms with Crippen LogP contribution >= 0.6 is 24.0 Å². The van der Waals surface area contributed by atoms with Crippen molar-refractivity contribution in [3.8, 4) is 16.9 Å². The molecule has 7 nitrogen and oxygen atoms in total. The van der Waals surface area contributed by atoms with Gasteiger partial charge in [0, 0.05) is 30.4 Å². The van der Waals surface area contributed by atoms with Gasteiger partial charge in [0.1, 0.15) is 10.0 Å². The van der Waals surface area contributed by atoms with Crippen LogP contribution in [0.25, 0.3) is 23.0 Å². The molecule has 6 rings (SSSR count). The number of thioether (sulfide) groups is 1. The number of amides is 1. The van der Waals surface area contributed by atoms with Gasteiger partial charge in [-0.15, -0.1) is 0 Å². The number of sulfonamides is 1. The third-order valence-corrected chi connectivity index (χ3v) is 10.5. The molecule has 0 saturated carbocycles. The zero-order valence-electron chi connectivity index (χ0n) is 22.4. The topological polar surface area (TPSA) is 75.5 Å². The van der Waals surface area contributed by atoms with Crippen molar-refractivity contribution in [2.75, 3.05) is 13.1 Å². The Labute approximate surface area is 249 Å². The van der Waals surface area contributed by atoms with Crippen LogP contribution in [0.15, 0.2) is 94.9 Å². The lowest BCUT2D eigenvalue weighted by molar-refractivity contribution is -0.122. The molecule has 0 spiro atoms. The van der Waals surface area contributed by atoms with Crippen LogP contribution in [0.1, 0.15) is 29.5 Å². The van der Waals surface area contributed by atoms with E-state index in [0.29, 0.717) is 45.7 Å². The molecule has 4 aromatic rings. The highest BCUT2D eigenvalue weighted by Gasteiger charge is 2.33. The molecule has 41 heavy (non-hydrogen) atoms. The quantitative estimate of drug-likeness (QED) is 0.190. The summed E-state index contributed by atoms with van der Waals surface area (Å²) >= 11 is 6.85. The number of hydrogen-bond acceptors (Lipinski definition) is 6. The van der Waals surface area contributed by atoms with Gasteiger partial charge in [0.25, 0.3) is 5.91 Å². The number of carbonyl (C=O) groups excluding carboxylic acids is 1. The predicted molar refractivity (Wildman–Crippen MR) is 167 cm³/mol. The monoisotopic (exact) mass is 600 g/mol. The molecule has 0 bridgehead atoms. The molecule has 3 aromatic carbocycles. The summed E-state index contributed by atoms with van der Waals surface area (Å²) in [5, 5.41) is 4.85. The Morgan fingerprint density at radius 1 is 0.976 bits per heavy atom. The third kappa shape index (κ3) is 5.65. The lowest BCUT2D eigenvalue weighted by Gasteiger charge is -2.16. The van der Waals surface area contributed by atoms with Gasteiger partial charge in [-0.05, 0) is 55.7 Å². The summed E-state index contributed by atoms with van der Waals surface area (Å²) in [5.74, 6) is -0.163. The van der Waals surface area contributed by atoms with Gasteiger partial charge in [-0.2, -0.15) is 9.40 Å². The van der Waals surface area contributed by atoms with Crippen molar-refractivity contribution >= 4 is 50.3 Å². The molecule has 2 fully saturated rings. The van der Waals surface area contributed by atoms with E-state index in [1.165, 1.54) is 16.1 Å². The number of hydrogen-bond donors (Lipinski definition) is 0. The summed E-state index contributed by atoms with van der Waals surface area (Å²) in [7, 11) is -3.60. The molecule has 208 valence electrons. The summed E-state index contributed by atoms with van der Waals surface area (Å²) in [6.45, 7) is 3.49. The van der Waals surface area contributed by atoms with E-state index in [2.05, 4.69) is 0 Å². The fourth-order valence-corrected chi connectivity index (χ4v) is 7.77. The van der Waals surface area contributed by atoms with Gasteiger partial charge in [0.2, 0.25) is 10.0 Å². The highest BCUT2D eigenvalue weighted by molar-refractivity contribution is 8.26. The average molecular weight is 601 g/mol. The van der Waals surface area contributed by atoms with Crippen LogP contribution < -0.4 is 0 Å². The van der Waals surface area contributed by atoms with E-state index in [1.54, 1.807) is 33.9 Å². The average Bonchev–Trinajstić information content (AvgIpc) is 3.73. The number of thiocarbonyl (C=S) groups is 1. The lowest BCUT2D eigenvalue weighted by Crippen LogP contribution is -2.27. The zero-order valence-corrected chi connectivity index (χ0v) is 24.9. The first kappa shape index (κ1) is 27.6. The Bertz CT molecular complexity index is 1760. The maximum Gasteiger partial charge on any atom is 0.266 e. The maximum atomic E-state index is 13.5. The van der Waals surface area contributed by atoms with Crippen molar-refractivity contribution < 1.29 is 13.2 Å². The molecule has 0 radical (unpaired) electrons. The van der Waals surface area contributed by atoms with E-state index in [-0.39, 0.29) is 10.8 Å². The molecule has 0 N–H and O–H groups in total. The second-order valence-corrected chi connectivity index (χ2v) is 13.7. The van der Waals surface area contributed by atoms with E-state index in [9.17, 15) is 13.2 Å². The van der Waals surface area contributed by atoms with Crippen LogP contribution in [0.5, 0.6) is 0 Å². The first-order valence-corrected chi connectivity index (χ1v) is 16.0. The summed E-state index contributed by atoms with van der Waals surface area (Å²) < 4.78 is 30.4. The first-order chi connectivity index (χ1) is 19.8. The molecular formula is C31H28N4O3S3. The van der Waals surface area contributed by atoms with Crippen LogP contribution in [0, 0.1) is 6.92 Å². The second-order valence-electron chi connectivity index (χ2n) is 10.1. The Morgan fingerprint density at radius 3 is 2.44 bits per heavy atom. The van der Waals surface area contributed by atoms with Crippen LogP contribution in [-0.2, 0) is 21.4 Å². The van der Waals surface area contributed by atoms with Crippen LogP contribution in [0.2, 0.25) is 0 Å². The summed E-state index contributed by atoms with van der Waals surface area (Å²) in [5.41, 5.74) is 4.93. The minimum Gasteiger partial charge on any atom is -0.288 e. The van der Waals surface area contributed by atoms with E-state index in [1.807, 2.05) is 73.8 Å². The molecule has 1 amide bonds. The summed E-state index contributed by atoms with van der Waals surface area (Å²) in [6, 6.07) is 24.6. The number of rotatable bonds is 7. The number of para-hydroxylation sites is 1. The zero-order chi connectivity index (χ0) is 28.6. The molecule has 0 atom stereocenters. The molecule has 1 aromatic heterocycles. The maximum absolute atomic E-state index is 13.5. The van der Waals surface area contributed by atoms with Crippen molar-refractivity contribution in [2.45, 2.75) is 31.2 Å². The first-order valence-electron chi connectivity index (χ1n) is 13.4. The predicted octanol–water partition coefficient (Wildman–Crippen LogP) is 6.03. The van der Waals surface area contributed by atoms with Crippen molar-refractivity contribution in [2.24, 2.45) is 0 Å². The normalized spacial score (nSPS) is 17.2. The number of nitrogens with zero attached hydrogens (tertiary/aromatic N) is 4. The largest absolute Gasteiger partial charge is 0.288 e. The Kier molecular flexibility index (Phi) is 7.65. The number of aromatic nitrogens is 2. The van der Waals surface area contributed by atoms with E-state index >= 15 is 0 Å². The highest BCUT2D eigenvalue weighted by atomic mass is 32.2. The molecule has 3 heterocycles. The minimum absolute atomic E-state index is 0.163. The molecular weight excluding hydrogens is 573 g/mol. The van der Waals surface area contributed by atoms with Crippen LogP contribution in [0.3, 0.4) is 0 Å². The fraction of sp³-hybridized carbons (Fsp3) is 0.194. The Balaban J connectivity index is 1.38. The van der Waals surface area contributed by atoms with E-state index in [4.69, 9.17) is 17.3 Å². The van der Waals surface area contributed by atoms with Gasteiger partial charge in [0.05, 0.1) is 22.0 Å². The lowest BCUT2D eigenvalue weighted by atomic mass is 10.1. The van der Waals surface area contributed by atoms with E-state index in [0.717, 1.165) is 29.7 Å². The van der Waals surface area contributed by atoms with Crippen molar-refractivity contribution in [3.05, 3.63) is 107 Å². The molecule has 2 aliphatic heterocycles. The van der Waals surface area contributed by atoms with Crippen LogP contribution in [0.4, 0.5) is 0 Å². The Morgan fingerprint density at radius 2 is 1.71 bits per heavy atom. The number of aryl methyl sites for hydroxylation is 1. The van der Waals surface area contributed by atoms with Gasteiger partial charge in [0.15, 0.2) is 0 Å². The second kappa shape index (κ2) is 11.4. The van der Waals surface area contributed by atoms with Crippen molar-refractivity contribution in [1.29, 1.82) is 0 Å². The fourth-order valence-electron chi connectivity index (χ4n) is 4.97. The summed E-state index contributed by atoms with van der Waals surface area (Å²) in [6.07, 6.45) is 5.40. The van der Waals surface area contributed by atoms with Gasteiger partial charge < -0.3 is 0 Å². The molecule has 0 unspecified atom stereocenters. The van der Waals surface area contributed by atoms with Gasteiger partial charge in [-0.25, -0.2) is 13.1 Å². The third-order valence-electron chi connectivity index (χ3n) is 7.20. The Hall–Kier alpha value is -3.57. The van der Waals surface area contributed by atoms with Gasteiger partial charge in [-0.3, -0.25) is 9.69 Å². The van der Waals surface area contributed by atoms with Crippen LogP contribution in [-0.4, -0.2) is 50.7 Å². The van der Waals surface area contributed by atoms with Gasteiger partial charge in [-0.1, -0.05) is 84.1 Å². The number of benzene rings is 3. The molecule has 10 heteroatoms. The molecule has 2 aliphatic rings. The van der Waals surface area contributed by atoms with Crippen molar-refractivity contribution in [3.63, 3.8) is 0 Å². The SMILES string of the molecule is Cc1ccc(CN2C(=O)C(=Cc3cn(-c4ccccc4)nc3-c3cccc(S(=O)(=O)N4CCCC4)c3)SC2=S)cc1. The summed E-state index contributed by atoms with van der Waals surface area (Å²) in [4.78, 5) is 15.8. The molecule has 0 aliphatic carbocycles.